The van der Waals surface area contributed by atoms with Gasteiger partial charge in [0.15, 0.2) is 0 Å². The van der Waals surface area contributed by atoms with Crippen LogP contribution < -0.4 is 5.32 Å². The Morgan fingerprint density at radius 2 is 2.23 bits per heavy atom. The van der Waals surface area contributed by atoms with Gasteiger partial charge in [0.2, 0.25) is 5.91 Å². The normalized spacial score (nSPS) is 9.85. The molecule has 1 aromatic rings. The molecule has 0 saturated heterocycles. The van der Waals surface area contributed by atoms with Crippen LogP contribution in [0.3, 0.4) is 0 Å². The Bertz CT molecular complexity index is 356. The molecule has 0 saturated carbocycles. The van der Waals surface area contributed by atoms with Crippen molar-refractivity contribution in [2.24, 2.45) is 0 Å². The van der Waals surface area contributed by atoms with Gasteiger partial charge in [0.05, 0.1) is 15.2 Å². The van der Waals surface area contributed by atoms with Crippen molar-refractivity contribution in [2.45, 2.75) is 6.92 Å². The quantitative estimate of drug-likeness (QED) is 0.777. The summed E-state index contributed by atoms with van der Waals surface area (Å²) in [6, 6.07) is 2.36. The van der Waals surface area contributed by atoms with Crippen molar-refractivity contribution < 1.29 is 9.18 Å². The van der Waals surface area contributed by atoms with E-state index in [0.717, 1.165) is 6.07 Å². The maximum absolute atomic E-state index is 12.8. The van der Waals surface area contributed by atoms with Gasteiger partial charge in [0.25, 0.3) is 0 Å². The summed E-state index contributed by atoms with van der Waals surface area (Å²) >= 11 is 8.79. The van der Waals surface area contributed by atoms with E-state index in [2.05, 4.69) is 21.2 Å². The predicted molar refractivity (Wildman–Crippen MR) is 53.4 cm³/mol. The molecule has 1 N–H and O–H groups in total. The van der Waals surface area contributed by atoms with E-state index in [4.69, 9.17) is 11.6 Å². The zero-order chi connectivity index (χ0) is 10.0. The fourth-order valence-electron chi connectivity index (χ4n) is 0.837. The molecule has 0 aliphatic heterocycles. The van der Waals surface area contributed by atoms with E-state index in [-0.39, 0.29) is 10.9 Å². The molecule has 0 spiro atoms. The van der Waals surface area contributed by atoms with Crippen LogP contribution in [0.5, 0.6) is 0 Å². The Labute approximate surface area is 88.2 Å². The molecule has 0 unspecified atom stereocenters. The number of hydrogen-bond acceptors (Lipinski definition) is 1. The highest BCUT2D eigenvalue weighted by atomic mass is 79.9. The molecular formula is C8H6BrClFNO. The van der Waals surface area contributed by atoms with Gasteiger partial charge in [-0.25, -0.2) is 4.39 Å². The molecule has 1 amide bonds. The molecule has 0 aromatic heterocycles. The maximum Gasteiger partial charge on any atom is 0.221 e. The Hall–Kier alpha value is -0.610. The number of amides is 1. The van der Waals surface area contributed by atoms with Crippen LogP contribution in [0.1, 0.15) is 6.92 Å². The van der Waals surface area contributed by atoms with Gasteiger partial charge in [-0.05, 0) is 28.1 Å². The SMILES string of the molecule is CC(=O)Nc1cc(F)cc(Cl)c1Br. The number of nitrogens with one attached hydrogen (secondary N) is 1. The average Bonchev–Trinajstić information content (AvgIpc) is 1.98. The van der Waals surface area contributed by atoms with E-state index in [1.54, 1.807) is 0 Å². The second-order valence-corrected chi connectivity index (χ2v) is 3.63. The minimum absolute atomic E-state index is 0.226. The smallest absolute Gasteiger partial charge is 0.221 e. The maximum atomic E-state index is 12.8. The van der Waals surface area contributed by atoms with Gasteiger partial charge < -0.3 is 5.32 Å². The molecule has 0 aliphatic rings. The first-order chi connectivity index (χ1) is 6.00. The molecule has 0 aliphatic carbocycles. The summed E-state index contributed by atoms with van der Waals surface area (Å²) in [4.78, 5) is 10.7. The molecule has 0 atom stereocenters. The van der Waals surface area contributed by atoms with E-state index < -0.39 is 5.82 Å². The molecular weight excluding hydrogens is 260 g/mol. The molecule has 13 heavy (non-hydrogen) atoms. The molecule has 1 aromatic carbocycles. The van der Waals surface area contributed by atoms with Crippen molar-refractivity contribution in [1.82, 2.24) is 0 Å². The summed E-state index contributed by atoms with van der Waals surface area (Å²) in [5.74, 6) is -0.765. The minimum atomic E-state index is -0.489. The minimum Gasteiger partial charge on any atom is -0.325 e. The molecule has 0 heterocycles. The highest BCUT2D eigenvalue weighted by molar-refractivity contribution is 9.10. The predicted octanol–water partition coefficient (Wildman–Crippen LogP) is 3.20. The second-order valence-electron chi connectivity index (χ2n) is 2.43. The van der Waals surface area contributed by atoms with Crippen LogP contribution in [0.15, 0.2) is 16.6 Å². The lowest BCUT2D eigenvalue weighted by Crippen LogP contribution is -2.06. The van der Waals surface area contributed by atoms with Gasteiger partial charge >= 0.3 is 0 Å². The van der Waals surface area contributed by atoms with E-state index in [0.29, 0.717) is 10.2 Å². The summed E-state index contributed by atoms with van der Waals surface area (Å²) in [6.07, 6.45) is 0. The van der Waals surface area contributed by atoms with E-state index in [1.165, 1.54) is 13.0 Å². The average molecular weight is 266 g/mol. The molecule has 2 nitrogen and oxygen atoms in total. The van der Waals surface area contributed by atoms with Gasteiger partial charge in [0, 0.05) is 6.92 Å². The van der Waals surface area contributed by atoms with Gasteiger partial charge in [-0.15, -0.1) is 0 Å². The lowest BCUT2D eigenvalue weighted by atomic mass is 10.3. The molecule has 1 rings (SSSR count). The van der Waals surface area contributed by atoms with Gasteiger partial charge in [0.1, 0.15) is 5.82 Å². The van der Waals surface area contributed by atoms with Crippen molar-refractivity contribution in [3.8, 4) is 0 Å². The monoisotopic (exact) mass is 265 g/mol. The first-order valence-electron chi connectivity index (χ1n) is 3.43. The zero-order valence-electron chi connectivity index (χ0n) is 6.70. The highest BCUT2D eigenvalue weighted by Crippen LogP contribution is 2.31. The van der Waals surface area contributed by atoms with Crippen LogP contribution in [0.4, 0.5) is 10.1 Å². The Morgan fingerprint density at radius 3 is 2.77 bits per heavy atom. The van der Waals surface area contributed by atoms with Crippen LogP contribution in [0.2, 0.25) is 5.02 Å². The summed E-state index contributed by atoms with van der Waals surface area (Å²) in [5, 5.41) is 2.67. The van der Waals surface area contributed by atoms with E-state index in [1.807, 2.05) is 0 Å². The summed E-state index contributed by atoms with van der Waals surface area (Å²) < 4.78 is 13.3. The van der Waals surface area contributed by atoms with Crippen LogP contribution in [0, 0.1) is 5.82 Å². The van der Waals surface area contributed by atoms with Gasteiger partial charge in [-0.2, -0.15) is 0 Å². The van der Waals surface area contributed by atoms with Crippen molar-refractivity contribution in [2.75, 3.05) is 5.32 Å². The first-order valence-corrected chi connectivity index (χ1v) is 4.60. The van der Waals surface area contributed by atoms with Crippen LogP contribution in [0.25, 0.3) is 0 Å². The summed E-state index contributed by atoms with van der Waals surface area (Å²) in [5.41, 5.74) is 0.331. The third kappa shape index (κ3) is 2.67. The standard InChI is InChI=1S/C8H6BrClFNO/c1-4(13)12-7-3-5(11)2-6(10)8(7)9/h2-3H,1H3,(H,12,13). The summed E-state index contributed by atoms with van der Waals surface area (Å²) in [6.45, 7) is 1.34. The van der Waals surface area contributed by atoms with Crippen LogP contribution in [-0.4, -0.2) is 5.91 Å². The van der Waals surface area contributed by atoms with Crippen molar-refractivity contribution in [1.29, 1.82) is 0 Å². The fraction of sp³-hybridized carbons (Fsp3) is 0.125. The number of carbonyl (C=O) groups excluding carboxylic acids is 1. The molecule has 70 valence electrons. The van der Waals surface area contributed by atoms with Crippen molar-refractivity contribution >= 4 is 39.1 Å². The number of hydrogen-bond donors (Lipinski definition) is 1. The Balaban J connectivity index is 3.12. The lowest BCUT2D eigenvalue weighted by Gasteiger charge is -2.06. The third-order valence-electron chi connectivity index (χ3n) is 1.30. The lowest BCUT2D eigenvalue weighted by molar-refractivity contribution is -0.114. The van der Waals surface area contributed by atoms with Gasteiger partial charge in [-0.1, -0.05) is 11.6 Å². The van der Waals surface area contributed by atoms with E-state index >= 15 is 0 Å². The highest BCUT2D eigenvalue weighted by Gasteiger charge is 2.07. The molecule has 0 bridgehead atoms. The van der Waals surface area contributed by atoms with E-state index in [9.17, 15) is 9.18 Å². The number of anilines is 1. The van der Waals surface area contributed by atoms with Crippen molar-refractivity contribution in [3.05, 3.63) is 27.4 Å². The van der Waals surface area contributed by atoms with Crippen molar-refractivity contribution in [3.63, 3.8) is 0 Å². The Kier molecular flexibility index (Phi) is 3.27. The Morgan fingerprint density at radius 1 is 1.62 bits per heavy atom. The number of benzene rings is 1. The fourth-order valence-corrected chi connectivity index (χ4v) is 1.37. The largest absolute Gasteiger partial charge is 0.325 e. The molecule has 0 radical (unpaired) electrons. The number of carbonyl (C=O) groups is 1. The number of rotatable bonds is 1. The van der Waals surface area contributed by atoms with Crippen LogP contribution in [-0.2, 0) is 4.79 Å². The first kappa shape index (κ1) is 10.5. The number of halogens is 3. The zero-order valence-corrected chi connectivity index (χ0v) is 9.04. The van der Waals surface area contributed by atoms with Gasteiger partial charge in [-0.3, -0.25) is 4.79 Å². The topological polar surface area (TPSA) is 29.1 Å². The second kappa shape index (κ2) is 4.07. The molecule has 0 fully saturated rings. The molecule has 5 heteroatoms. The summed E-state index contributed by atoms with van der Waals surface area (Å²) in [7, 11) is 0. The van der Waals surface area contributed by atoms with Crippen LogP contribution >= 0.6 is 27.5 Å². The third-order valence-corrected chi connectivity index (χ3v) is 2.68.